The van der Waals surface area contributed by atoms with Crippen molar-refractivity contribution in [2.24, 2.45) is 0 Å². The monoisotopic (exact) mass is 394 g/mol. The van der Waals surface area contributed by atoms with Gasteiger partial charge in [0.05, 0.1) is 11.4 Å². The molecule has 0 aliphatic carbocycles. The first-order valence-electron chi connectivity index (χ1n) is 8.02. The minimum absolute atomic E-state index is 0.664. The molecule has 0 fully saturated rings. The highest BCUT2D eigenvalue weighted by atomic mass is 35.5. The number of aromatic nitrogens is 8. The Morgan fingerprint density at radius 3 is 2.52 bits per heavy atom. The molecule has 132 valence electrons. The average Bonchev–Trinajstić information content (AvgIpc) is 3.37. The van der Waals surface area contributed by atoms with E-state index in [2.05, 4.69) is 30.6 Å². The van der Waals surface area contributed by atoms with Crippen molar-refractivity contribution in [1.82, 2.24) is 39.8 Å². The summed E-state index contributed by atoms with van der Waals surface area (Å²) in [6.07, 6.45) is 3.43. The third-order valence-corrected chi connectivity index (χ3v) is 5.26. The maximum Gasteiger partial charge on any atom is 0.235 e. The van der Waals surface area contributed by atoms with E-state index in [1.54, 1.807) is 21.6 Å². The summed E-state index contributed by atoms with van der Waals surface area (Å²) in [4.78, 5) is 4.72. The van der Waals surface area contributed by atoms with Gasteiger partial charge in [-0.05, 0) is 43.3 Å². The third kappa shape index (κ3) is 2.68. The van der Waals surface area contributed by atoms with Gasteiger partial charge >= 0.3 is 0 Å². The molecule has 8 nitrogen and oxygen atoms in total. The van der Waals surface area contributed by atoms with E-state index in [0.29, 0.717) is 21.5 Å². The molecule has 1 aromatic carbocycles. The van der Waals surface area contributed by atoms with Crippen molar-refractivity contribution in [2.45, 2.75) is 6.92 Å². The number of hydrogen-bond acceptors (Lipinski definition) is 7. The van der Waals surface area contributed by atoms with Crippen LogP contribution in [0.3, 0.4) is 0 Å². The van der Waals surface area contributed by atoms with Crippen LogP contribution in [0.5, 0.6) is 0 Å². The molecule has 10 heteroatoms. The quantitative estimate of drug-likeness (QED) is 0.465. The SMILES string of the molecule is Cc1c(-c2nn3c(-c4ccncc4)nnc3s2)nnn1-c1ccc(Cl)cc1. The molecule has 0 unspecified atom stereocenters. The molecule has 0 bridgehead atoms. The Bertz CT molecular complexity index is 1240. The second-order valence-electron chi connectivity index (χ2n) is 5.77. The fourth-order valence-electron chi connectivity index (χ4n) is 2.75. The van der Waals surface area contributed by atoms with Crippen LogP contribution < -0.4 is 0 Å². The highest BCUT2D eigenvalue weighted by Gasteiger charge is 2.19. The Morgan fingerprint density at radius 1 is 0.963 bits per heavy atom. The van der Waals surface area contributed by atoms with Crippen molar-refractivity contribution in [2.75, 3.05) is 0 Å². The first-order valence-corrected chi connectivity index (χ1v) is 9.21. The van der Waals surface area contributed by atoms with Crippen molar-refractivity contribution >= 4 is 27.9 Å². The van der Waals surface area contributed by atoms with Gasteiger partial charge in [-0.15, -0.1) is 15.3 Å². The van der Waals surface area contributed by atoms with Crippen LogP contribution in [0.4, 0.5) is 0 Å². The zero-order valence-electron chi connectivity index (χ0n) is 14.0. The van der Waals surface area contributed by atoms with Crippen LogP contribution in [-0.4, -0.2) is 39.8 Å². The molecule has 4 heterocycles. The minimum Gasteiger partial charge on any atom is -0.265 e. The summed E-state index contributed by atoms with van der Waals surface area (Å²) in [6, 6.07) is 11.2. The first-order chi connectivity index (χ1) is 13.2. The molecule has 5 rings (SSSR count). The maximum atomic E-state index is 5.96. The van der Waals surface area contributed by atoms with Gasteiger partial charge in [-0.2, -0.15) is 9.61 Å². The molecule has 0 aliphatic rings. The number of hydrogen-bond donors (Lipinski definition) is 0. The normalized spacial score (nSPS) is 11.3. The van der Waals surface area contributed by atoms with Crippen molar-refractivity contribution < 1.29 is 0 Å². The Labute approximate surface area is 162 Å². The summed E-state index contributed by atoms with van der Waals surface area (Å²) in [5.41, 5.74) is 3.38. The Kier molecular flexibility index (Phi) is 3.69. The predicted octanol–water partition coefficient (Wildman–Crippen LogP) is 3.46. The zero-order chi connectivity index (χ0) is 18.4. The third-order valence-electron chi connectivity index (χ3n) is 4.10. The molecule has 0 amide bonds. The Morgan fingerprint density at radius 2 is 1.74 bits per heavy atom. The summed E-state index contributed by atoms with van der Waals surface area (Å²) in [7, 11) is 0. The van der Waals surface area contributed by atoms with Crippen LogP contribution in [0.15, 0.2) is 48.8 Å². The van der Waals surface area contributed by atoms with Crippen LogP contribution in [0.1, 0.15) is 5.69 Å². The van der Waals surface area contributed by atoms with E-state index in [1.165, 1.54) is 11.3 Å². The molecule has 0 saturated carbocycles. The van der Waals surface area contributed by atoms with E-state index in [9.17, 15) is 0 Å². The summed E-state index contributed by atoms with van der Waals surface area (Å²) < 4.78 is 3.48. The highest BCUT2D eigenvalue weighted by Crippen LogP contribution is 2.29. The molecule has 5 aromatic rings. The molecule has 0 saturated heterocycles. The van der Waals surface area contributed by atoms with Gasteiger partial charge in [-0.3, -0.25) is 4.98 Å². The van der Waals surface area contributed by atoms with Gasteiger partial charge < -0.3 is 0 Å². The lowest BCUT2D eigenvalue weighted by atomic mass is 10.2. The van der Waals surface area contributed by atoms with Crippen LogP contribution in [-0.2, 0) is 0 Å². The molecule has 0 radical (unpaired) electrons. The van der Waals surface area contributed by atoms with E-state index >= 15 is 0 Å². The fourth-order valence-corrected chi connectivity index (χ4v) is 3.75. The predicted molar refractivity (Wildman–Crippen MR) is 102 cm³/mol. The topological polar surface area (TPSA) is 86.7 Å². The number of nitrogens with zero attached hydrogens (tertiary/aromatic N) is 8. The lowest BCUT2D eigenvalue weighted by Gasteiger charge is -2.02. The Hall–Kier alpha value is -3.17. The Balaban J connectivity index is 1.59. The van der Waals surface area contributed by atoms with Gasteiger partial charge in [0.2, 0.25) is 4.96 Å². The molecule has 27 heavy (non-hydrogen) atoms. The fraction of sp³-hybridized carbons (Fsp3) is 0.0588. The number of halogens is 1. The first kappa shape index (κ1) is 16.0. The van der Waals surface area contributed by atoms with Gasteiger partial charge in [0.25, 0.3) is 0 Å². The lowest BCUT2D eigenvalue weighted by Crippen LogP contribution is -1.98. The second-order valence-corrected chi connectivity index (χ2v) is 7.17. The minimum atomic E-state index is 0.664. The molecule has 0 atom stereocenters. The smallest absolute Gasteiger partial charge is 0.235 e. The van der Waals surface area contributed by atoms with Crippen molar-refractivity contribution in [3.05, 3.63) is 59.5 Å². The number of fused-ring (bicyclic) bond motifs is 1. The van der Waals surface area contributed by atoms with E-state index < -0.39 is 0 Å². The van der Waals surface area contributed by atoms with E-state index in [4.69, 9.17) is 11.6 Å². The molecule has 0 N–H and O–H groups in total. The van der Waals surface area contributed by atoms with Gasteiger partial charge in [0.15, 0.2) is 10.8 Å². The van der Waals surface area contributed by atoms with Gasteiger partial charge in [0.1, 0.15) is 5.69 Å². The molecule has 0 spiro atoms. The van der Waals surface area contributed by atoms with Crippen LogP contribution in [0.2, 0.25) is 5.02 Å². The van der Waals surface area contributed by atoms with Crippen LogP contribution >= 0.6 is 22.9 Å². The summed E-state index contributed by atoms with van der Waals surface area (Å²) in [5.74, 6) is 0.664. The highest BCUT2D eigenvalue weighted by molar-refractivity contribution is 7.19. The van der Waals surface area contributed by atoms with Crippen molar-refractivity contribution in [1.29, 1.82) is 0 Å². The van der Waals surface area contributed by atoms with Crippen molar-refractivity contribution in [3.63, 3.8) is 0 Å². The molecular weight excluding hydrogens is 384 g/mol. The number of benzene rings is 1. The summed E-state index contributed by atoms with van der Waals surface area (Å²) in [5, 5.41) is 23.1. The van der Waals surface area contributed by atoms with Gasteiger partial charge in [-0.1, -0.05) is 28.2 Å². The average molecular weight is 395 g/mol. The van der Waals surface area contributed by atoms with Crippen molar-refractivity contribution in [3.8, 4) is 27.8 Å². The molecule has 0 aliphatic heterocycles. The molecular formula is C17H11ClN8S. The van der Waals surface area contributed by atoms with Crippen LogP contribution in [0, 0.1) is 6.92 Å². The van der Waals surface area contributed by atoms with E-state index in [0.717, 1.165) is 22.0 Å². The standard InChI is InChI=1S/C17H11ClN8S/c1-10-14(20-24-25(10)13-4-2-12(18)3-5-13)16-23-26-15(21-22-17(26)27-16)11-6-8-19-9-7-11/h2-9H,1H3. The largest absolute Gasteiger partial charge is 0.265 e. The maximum absolute atomic E-state index is 5.96. The van der Waals surface area contributed by atoms with E-state index in [-0.39, 0.29) is 0 Å². The lowest BCUT2D eigenvalue weighted by molar-refractivity contribution is 0.785. The molecule has 4 aromatic heterocycles. The zero-order valence-corrected chi connectivity index (χ0v) is 15.6. The van der Waals surface area contributed by atoms with Crippen LogP contribution in [0.25, 0.3) is 32.7 Å². The summed E-state index contributed by atoms with van der Waals surface area (Å²) in [6.45, 7) is 1.95. The second kappa shape index (κ2) is 6.22. The van der Waals surface area contributed by atoms with Gasteiger partial charge in [0, 0.05) is 23.0 Å². The van der Waals surface area contributed by atoms with E-state index in [1.807, 2.05) is 43.3 Å². The number of rotatable bonds is 3. The number of pyridine rings is 1. The summed E-state index contributed by atoms with van der Waals surface area (Å²) >= 11 is 7.38. The van der Waals surface area contributed by atoms with Gasteiger partial charge in [-0.25, -0.2) is 4.68 Å².